The van der Waals surface area contributed by atoms with E-state index in [4.69, 9.17) is 18.9 Å². The first kappa shape index (κ1) is 28.2. The zero-order chi connectivity index (χ0) is 23.7. The predicted octanol–water partition coefficient (Wildman–Crippen LogP) is 2.94. The molecule has 1 atom stereocenters. The summed E-state index contributed by atoms with van der Waals surface area (Å²) in [7, 11) is 0. The summed E-state index contributed by atoms with van der Waals surface area (Å²) in [6.07, 6.45) is 4.14. The highest BCUT2D eigenvalue weighted by Crippen LogP contribution is 2.31. The Labute approximate surface area is 184 Å². The van der Waals surface area contributed by atoms with Crippen LogP contribution in [0.4, 0.5) is 4.79 Å². The van der Waals surface area contributed by atoms with Gasteiger partial charge >= 0.3 is 24.0 Å². The molecule has 0 aliphatic rings. The molecule has 0 spiro atoms. The highest BCUT2D eigenvalue weighted by Gasteiger charge is 2.22. The maximum absolute atomic E-state index is 11.7. The molecule has 176 valence electrons. The van der Waals surface area contributed by atoms with Gasteiger partial charge in [-0.1, -0.05) is 33.9 Å². The molecule has 31 heavy (non-hydrogen) atoms. The maximum atomic E-state index is 11.7. The Balaban J connectivity index is 3.93. The van der Waals surface area contributed by atoms with Crippen molar-refractivity contribution in [3.8, 4) is 0 Å². The predicted molar refractivity (Wildman–Crippen MR) is 114 cm³/mol. The van der Waals surface area contributed by atoms with Crippen LogP contribution in [-0.4, -0.2) is 57.0 Å². The van der Waals surface area contributed by atoms with Crippen LogP contribution in [0.1, 0.15) is 46.5 Å². The van der Waals surface area contributed by atoms with Crippen molar-refractivity contribution in [1.82, 2.24) is 5.32 Å². The Hall–Kier alpha value is -2.84. The van der Waals surface area contributed by atoms with E-state index in [-0.39, 0.29) is 50.2 Å². The first-order valence-electron chi connectivity index (χ1n) is 10.2. The summed E-state index contributed by atoms with van der Waals surface area (Å²) in [5.41, 5.74) is -0.0241. The van der Waals surface area contributed by atoms with Gasteiger partial charge < -0.3 is 24.3 Å². The van der Waals surface area contributed by atoms with E-state index in [1.165, 1.54) is 0 Å². The molecule has 9 nitrogen and oxygen atoms in total. The van der Waals surface area contributed by atoms with Crippen LogP contribution in [0.5, 0.6) is 0 Å². The molecule has 0 aromatic rings. The summed E-state index contributed by atoms with van der Waals surface area (Å²) < 4.78 is 19.4. The van der Waals surface area contributed by atoms with Crippen LogP contribution >= 0.6 is 0 Å². The first-order valence-corrected chi connectivity index (χ1v) is 10.2. The van der Waals surface area contributed by atoms with E-state index in [1.54, 1.807) is 0 Å². The van der Waals surface area contributed by atoms with Crippen molar-refractivity contribution in [3.63, 3.8) is 0 Å². The van der Waals surface area contributed by atoms with Crippen LogP contribution in [0.25, 0.3) is 0 Å². The number of nitrogens with one attached hydrogen (secondary N) is 1. The lowest BCUT2D eigenvalue weighted by molar-refractivity contribution is -0.149. The molecule has 0 saturated heterocycles. The van der Waals surface area contributed by atoms with Crippen LogP contribution < -0.4 is 5.32 Å². The Morgan fingerprint density at radius 2 is 1.42 bits per heavy atom. The van der Waals surface area contributed by atoms with Gasteiger partial charge in [-0.15, -0.1) is 0 Å². The Bertz CT molecular complexity index is 615. The Kier molecular flexibility index (Phi) is 14.5. The lowest BCUT2D eigenvalue weighted by Gasteiger charge is -2.28. The highest BCUT2D eigenvalue weighted by atomic mass is 16.6. The standard InChI is InChI=1S/C22H35NO8/c1-6-18(24)28-11-12-30-20(26)9-8-10-22(4,5)15-17(3)16-23-21(27)31-14-13-29-19(25)7-2/h6-7,17H,1-2,8-16H2,3-5H3,(H,23,27). The molecule has 0 aliphatic heterocycles. The van der Waals surface area contributed by atoms with Gasteiger partial charge in [-0.2, -0.15) is 0 Å². The molecule has 0 heterocycles. The second-order valence-electron chi connectivity index (χ2n) is 7.81. The van der Waals surface area contributed by atoms with Gasteiger partial charge in [-0.3, -0.25) is 4.79 Å². The molecule has 0 bridgehead atoms. The average molecular weight is 442 g/mol. The third-order valence-electron chi connectivity index (χ3n) is 4.22. The van der Waals surface area contributed by atoms with Crippen LogP contribution in [-0.2, 0) is 33.3 Å². The third kappa shape index (κ3) is 16.6. The largest absolute Gasteiger partial charge is 0.462 e. The average Bonchev–Trinajstić information content (AvgIpc) is 2.71. The molecule has 0 rings (SSSR count). The molecule has 0 aromatic carbocycles. The minimum absolute atomic E-state index is 0.00894. The second-order valence-corrected chi connectivity index (χ2v) is 7.81. The number of carbonyl (C=O) groups is 4. The van der Waals surface area contributed by atoms with E-state index in [0.717, 1.165) is 25.0 Å². The molecule has 0 saturated carbocycles. The van der Waals surface area contributed by atoms with Crippen LogP contribution in [0.15, 0.2) is 25.3 Å². The number of alkyl carbamates (subject to hydrolysis) is 1. The van der Waals surface area contributed by atoms with Crippen molar-refractivity contribution < 1.29 is 38.1 Å². The van der Waals surface area contributed by atoms with Crippen molar-refractivity contribution in [3.05, 3.63) is 25.3 Å². The van der Waals surface area contributed by atoms with Crippen molar-refractivity contribution in [2.45, 2.75) is 46.5 Å². The van der Waals surface area contributed by atoms with Gasteiger partial charge in [0.15, 0.2) is 0 Å². The van der Waals surface area contributed by atoms with Crippen molar-refractivity contribution in [2.24, 2.45) is 11.3 Å². The summed E-state index contributed by atoms with van der Waals surface area (Å²) in [5, 5.41) is 2.68. The second kappa shape index (κ2) is 15.9. The van der Waals surface area contributed by atoms with Crippen molar-refractivity contribution in [2.75, 3.05) is 33.0 Å². The van der Waals surface area contributed by atoms with Crippen molar-refractivity contribution in [1.29, 1.82) is 0 Å². The monoisotopic (exact) mass is 441 g/mol. The van der Waals surface area contributed by atoms with Gasteiger partial charge in [-0.25, -0.2) is 14.4 Å². The molecular weight excluding hydrogens is 406 g/mol. The van der Waals surface area contributed by atoms with Gasteiger partial charge in [0.05, 0.1) is 0 Å². The van der Waals surface area contributed by atoms with E-state index in [9.17, 15) is 19.2 Å². The van der Waals surface area contributed by atoms with E-state index in [0.29, 0.717) is 13.0 Å². The van der Waals surface area contributed by atoms with Crippen molar-refractivity contribution >= 4 is 24.0 Å². The Morgan fingerprint density at radius 1 is 0.903 bits per heavy atom. The molecular formula is C22H35NO8. The fourth-order valence-electron chi connectivity index (χ4n) is 2.90. The summed E-state index contributed by atoms with van der Waals surface area (Å²) in [6.45, 7) is 13.2. The molecule has 1 unspecified atom stereocenters. The van der Waals surface area contributed by atoms with Gasteiger partial charge in [0.1, 0.15) is 26.4 Å². The van der Waals surface area contributed by atoms with Gasteiger partial charge in [0, 0.05) is 25.1 Å². The van der Waals surface area contributed by atoms with E-state index >= 15 is 0 Å². The number of hydrogen-bond acceptors (Lipinski definition) is 8. The fourth-order valence-corrected chi connectivity index (χ4v) is 2.90. The fraction of sp³-hybridized carbons (Fsp3) is 0.636. The number of rotatable bonds is 16. The van der Waals surface area contributed by atoms with E-state index in [2.05, 4.69) is 32.3 Å². The van der Waals surface area contributed by atoms with Gasteiger partial charge in [0.2, 0.25) is 0 Å². The molecule has 0 aliphatic carbocycles. The molecule has 0 radical (unpaired) electrons. The molecule has 0 fully saturated rings. The quantitative estimate of drug-likeness (QED) is 0.168. The van der Waals surface area contributed by atoms with Crippen LogP contribution in [0.2, 0.25) is 0 Å². The highest BCUT2D eigenvalue weighted by molar-refractivity contribution is 5.81. The zero-order valence-electron chi connectivity index (χ0n) is 18.8. The minimum Gasteiger partial charge on any atom is -0.462 e. The maximum Gasteiger partial charge on any atom is 0.407 e. The number of carbonyl (C=O) groups excluding carboxylic acids is 4. The molecule has 0 aromatic heterocycles. The van der Waals surface area contributed by atoms with Gasteiger partial charge in [-0.05, 0) is 30.6 Å². The number of hydrogen-bond donors (Lipinski definition) is 1. The number of esters is 3. The summed E-state index contributed by atoms with van der Waals surface area (Å²) in [4.78, 5) is 45.1. The van der Waals surface area contributed by atoms with E-state index < -0.39 is 18.0 Å². The molecule has 1 amide bonds. The summed E-state index contributed by atoms with van der Waals surface area (Å²) >= 11 is 0. The lowest BCUT2D eigenvalue weighted by atomic mass is 9.79. The molecule has 1 N–H and O–H groups in total. The zero-order valence-corrected chi connectivity index (χ0v) is 18.8. The normalized spacial score (nSPS) is 11.6. The third-order valence-corrected chi connectivity index (χ3v) is 4.22. The smallest absolute Gasteiger partial charge is 0.407 e. The number of amides is 1. The van der Waals surface area contributed by atoms with Crippen LogP contribution in [0, 0.1) is 11.3 Å². The number of ether oxygens (including phenoxy) is 4. The SMILES string of the molecule is C=CC(=O)OCCOC(=O)CCCC(C)(C)CC(C)CNC(=O)OCCOC(=O)C=C. The first-order chi connectivity index (χ1) is 14.6. The summed E-state index contributed by atoms with van der Waals surface area (Å²) in [6, 6.07) is 0. The Morgan fingerprint density at radius 3 is 1.97 bits per heavy atom. The topological polar surface area (TPSA) is 117 Å². The van der Waals surface area contributed by atoms with E-state index in [1.807, 2.05) is 6.92 Å². The minimum atomic E-state index is -0.569. The summed E-state index contributed by atoms with van der Waals surface area (Å²) in [5.74, 6) is -1.25. The van der Waals surface area contributed by atoms with Crippen LogP contribution in [0.3, 0.4) is 0 Å². The lowest BCUT2D eigenvalue weighted by Crippen LogP contribution is -2.31. The molecule has 9 heteroatoms. The van der Waals surface area contributed by atoms with Gasteiger partial charge in [0.25, 0.3) is 0 Å².